The Morgan fingerprint density at radius 2 is 1.68 bits per heavy atom. The van der Waals surface area contributed by atoms with E-state index in [0.29, 0.717) is 5.95 Å². The van der Waals surface area contributed by atoms with E-state index in [-0.39, 0.29) is 0 Å². The summed E-state index contributed by atoms with van der Waals surface area (Å²) in [5.74, 6) is 0.604. The fourth-order valence-corrected chi connectivity index (χ4v) is 2.79. The number of hydrogen-bond acceptors (Lipinski definition) is 5. The van der Waals surface area contributed by atoms with Crippen LogP contribution in [0.2, 0.25) is 0 Å². The molecule has 0 radical (unpaired) electrons. The van der Waals surface area contributed by atoms with Gasteiger partial charge in [0.25, 0.3) is 0 Å². The van der Waals surface area contributed by atoms with Gasteiger partial charge in [-0.25, -0.2) is 9.97 Å². The number of nitrogens with zero attached hydrogens (tertiary/aromatic N) is 4. The molecule has 5 nitrogen and oxygen atoms in total. The van der Waals surface area contributed by atoms with E-state index in [0.717, 1.165) is 42.9 Å². The molecule has 1 fully saturated rings. The molecule has 1 aromatic heterocycles. The number of likely N-dealkylation sites (N-methyl/N-ethyl adjacent to an activating group) is 1. The van der Waals surface area contributed by atoms with Crippen LogP contribution in [0.1, 0.15) is 6.92 Å². The van der Waals surface area contributed by atoms with Crippen LogP contribution in [0.5, 0.6) is 0 Å². The second-order valence-corrected chi connectivity index (χ2v) is 6.23. The molecular weight excluding hydrogens is 342 g/mol. The second-order valence-electron chi connectivity index (χ2n) is 5.32. The minimum absolute atomic E-state index is 0.604. The summed E-state index contributed by atoms with van der Waals surface area (Å²) >= 11 is 3.33. The first-order chi connectivity index (χ1) is 10.7. The molecule has 1 saturated heterocycles. The Morgan fingerprint density at radius 1 is 1.05 bits per heavy atom. The third-order valence-electron chi connectivity index (χ3n) is 3.93. The molecule has 0 aliphatic carbocycles. The molecule has 22 heavy (non-hydrogen) atoms. The quantitative estimate of drug-likeness (QED) is 0.906. The maximum atomic E-state index is 4.22. The van der Waals surface area contributed by atoms with Crippen LogP contribution in [0.3, 0.4) is 0 Å². The smallest absolute Gasteiger partial charge is 0.227 e. The molecule has 0 saturated carbocycles. The highest BCUT2D eigenvalue weighted by atomic mass is 79.9. The van der Waals surface area contributed by atoms with Gasteiger partial charge >= 0.3 is 0 Å². The van der Waals surface area contributed by atoms with Gasteiger partial charge in [0.1, 0.15) is 0 Å². The van der Waals surface area contributed by atoms with Crippen molar-refractivity contribution >= 4 is 33.3 Å². The fourth-order valence-electron chi connectivity index (χ4n) is 2.58. The summed E-state index contributed by atoms with van der Waals surface area (Å²) in [6.45, 7) is 7.84. The van der Waals surface area contributed by atoms with E-state index in [1.807, 2.05) is 0 Å². The molecule has 0 bridgehead atoms. The van der Waals surface area contributed by atoms with Gasteiger partial charge in [0.05, 0.1) is 4.47 Å². The SMILES string of the molecule is CCN1CCN(c2ccc(Nc3ncc(Br)cn3)cc2)CC1. The number of halogens is 1. The zero-order valence-corrected chi connectivity index (χ0v) is 14.3. The molecule has 1 aromatic carbocycles. The van der Waals surface area contributed by atoms with Crippen molar-refractivity contribution in [2.45, 2.75) is 6.92 Å². The van der Waals surface area contributed by atoms with Crippen molar-refractivity contribution in [3.63, 3.8) is 0 Å². The molecule has 0 atom stereocenters. The molecular formula is C16H20BrN5. The fraction of sp³-hybridized carbons (Fsp3) is 0.375. The van der Waals surface area contributed by atoms with Crippen molar-refractivity contribution in [1.82, 2.24) is 14.9 Å². The number of rotatable bonds is 4. The lowest BCUT2D eigenvalue weighted by atomic mass is 10.2. The third-order valence-corrected chi connectivity index (χ3v) is 4.34. The molecule has 1 aliphatic heterocycles. The molecule has 2 heterocycles. The van der Waals surface area contributed by atoms with Gasteiger partial charge in [-0.2, -0.15) is 0 Å². The lowest BCUT2D eigenvalue weighted by molar-refractivity contribution is 0.271. The van der Waals surface area contributed by atoms with Gasteiger partial charge in [-0.3, -0.25) is 0 Å². The zero-order valence-electron chi connectivity index (χ0n) is 12.7. The Labute approximate surface area is 139 Å². The van der Waals surface area contributed by atoms with Crippen LogP contribution >= 0.6 is 15.9 Å². The second kappa shape index (κ2) is 7.07. The summed E-state index contributed by atoms with van der Waals surface area (Å²) in [5, 5.41) is 3.21. The summed E-state index contributed by atoms with van der Waals surface area (Å²) < 4.78 is 0.875. The molecule has 0 unspecified atom stereocenters. The molecule has 1 N–H and O–H groups in total. The normalized spacial score (nSPS) is 15.8. The lowest BCUT2D eigenvalue weighted by Crippen LogP contribution is -2.46. The Hall–Kier alpha value is -1.66. The predicted molar refractivity (Wildman–Crippen MR) is 93.8 cm³/mol. The first-order valence-electron chi connectivity index (χ1n) is 7.56. The van der Waals surface area contributed by atoms with Crippen molar-refractivity contribution in [3.8, 4) is 0 Å². The number of aromatic nitrogens is 2. The predicted octanol–water partition coefficient (Wildman–Crippen LogP) is 3.12. The summed E-state index contributed by atoms with van der Waals surface area (Å²) in [6, 6.07) is 8.46. The molecule has 0 amide bonds. The summed E-state index contributed by atoms with van der Waals surface area (Å²) in [5.41, 5.74) is 2.27. The van der Waals surface area contributed by atoms with Crippen molar-refractivity contribution < 1.29 is 0 Å². The van der Waals surface area contributed by atoms with Gasteiger partial charge in [-0.15, -0.1) is 0 Å². The van der Waals surface area contributed by atoms with E-state index < -0.39 is 0 Å². The molecule has 116 valence electrons. The summed E-state index contributed by atoms with van der Waals surface area (Å²) in [4.78, 5) is 13.4. The molecule has 0 spiro atoms. The number of benzene rings is 1. The Balaban J connectivity index is 1.62. The highest BCUT2D eigenvalue weighted by Gasteiger charge is 2.15. The summed E-state index contributed by atoms with van der Waals surface area (Å²) in [7, 11) is 0. The largest absolute Gasteiger partial charge is 0.369 e. The first kappa shape index (κ1) is 15.2. The Morgan fingerprint density at radius 3 is 2.27 bits per heavy atom. The third kappa shape index (κ3) is 3.75. The van der Waals surface area contributed by atoms with Gasteiger partial charge in [-0.05, 0) is 46.7 Å². The van der Waals surface area contributed by atoms with Crippen LogP contribution in [0, 0.1) is 0 Å². The lowest BCUT2D eigenvalue weighted by Gasteiger charge is -2.35. The minimum atomic E-state index is 0.604. The van der Waals surface area contributed by atoms with Crippen LogP contribution in [0.15, 0.2) is 41.1 Å². The highest BCUT2D eigenvalue weighted by Crippen LogP contribution is 2.21. The standard InChI is InChI=1S/C16H20BrN5/c1-2-21-7-9-22(10-8-21)15-5-3-14(4-6-15)20-16-18-11-13(17)12-19-16/h3-6,11-12H,2,7-10H2,1H3,(H,18,19,20). The maximum Gasteiger partial charge on any atom is 0.227 e. The van der Waals surface area contributed by atoms with Gasteiger partial charge in [0.2, 0.25) is 5.95 Å². The van der Waals surface area contributed by atoms with E-state index in [1.54, 1.807) is 12.4 Å². The summed E-state index contributed by atoms with van der Waals surface area (Å²) in [6.07, 6.45) is 3.47. The van der Waals surface area contributed by atoms with Gasteiger partial charge < -0.3 is 15.1 Å². The van der Waals surface area contributed by atoms with Gasteiger partial charge in [-0.1, -0.05) is 6.92 Å². The van der Waals surface area contributed by atoms with E-state index in [1.165, 1.54) is 5.69 Å². The maximum absolute atomic E-state index is 4.22. The average Bonchev–Trinajstić information content (AvgIpc) is 2.58. The molecule has 3 rings (SSSR count). The minimum Gasteiger partial charge on any atom is -0.369 e. The zero-order chi connectivity index (χ0) is 15.4. The van der Waals surface area contributed by atoms with Crippen LogP contribution in [-0.2, 0) is 0 Å². The van der Waals surface area contributed by atoms with Crippen LogP contribution in [0.25, 0.3) is 0 Å². The van der Waals surface area contributed by atoms with Crippen LogP contribution < -0.4 is 10.2 Å². The highest BCUT2D eigenvalue weighted by molar-refractivity contribution is 9.10. The van der Waals surface area contributed by atoms with Crippen molar-refractivity contribution in [1.29, 1.82) is 0 Å². The van der Waals surface area contributed by atoms with Gasteiger partial charge in [0.15, 0.2) is 0 Å². The first-order valence-corrected chi connectivity index (χ1v) is 8.36. The number of anilines is 3. The van der Waals surface area contributed by atoms with E-state index in [9.17, 15) is 0 Å². The van der Waals surface area contributed by atoms with Crippen molar-refractivity contribution in [3.05, 3.63) is 41.1 Å². The van der Waals surface area contributed by atoms with Crippen molar-refractivity contribution in [2.24, 2.45) is 0 Å². The molecule has 1 aliphatic rings. The number of piperazine rings is 1. The van der Waals surface area contributed by atoms with Crippen LogP contribution in [-0.4, -0.2) is 47.6 Å². The Kier molecular flexibility index (Phi) is 4.90. The molecule has 2 aromatic rings. The molecule has 6 heteroatoms. The van der Waals surface area contributed by atoms with Crippen LogP contribution in [0.4, 0.5) is 17.3 Å². The van der Waals surface area contributed by atoms with Crippen molar-refractivity contribution in [2.75, 3.05) is 42.9 Å². The topological polar surface area (TPSA) is 44.3 Å². The monoisotopic (exact) mass is 361 g/mol. The Bertz CT molecular complexity index is 591. The average molecular weight is 362 g/mol. The number of nitrogens with one attached hydrogen (secondary N) is 1. The van der Waals surface area contributed by atoms with E-state index in [2.05, 4.69) is 72.2 Å². The van der Waals surface area contributed by atoms with Gasteiger partial charge in [0, 0.05) is 49.9 Å². The van der Waals surface area contributed by atoms with E-state index >= 15 is 0 Å². The number of hydrogen-bond donors (Lipinski definition) is 1. The van der Waals surface area contributed by atoms with E-state index in [4.69, 9.17) is 0 Å².